The number of benzene rings is 1. The van der Waals surface area contributed by atoms with Crippen LogP contribution in [0.1, 0.15) is 60.0 Å². The van der Waals surface area contributed by atoms with E-state index in [0.717, 1.165) is 39.9 Å². The number of carbonyl (C=O) groups is 1. The Balaban J connectivity index is 1.68. The normalized spacial score (nSPS) is 11.1. The molecule has 0 saturated carbocycles. The maximum Gasteiger partial charge on any atom is 0.230 e. The molecule has 6 heteroatoms. The SMILES string of the molecule is CCCCCc1c(C)nn(-c2nc(CC(=O)Nc3ccc(C)c(C)c3)cs2)c1C. The molecule has 2 heterocycles. The molecule has 0 bridgehead atoms. The van der Waals surface area contributed by atoms with E-state index in [4.69, 9.17) is 5.10 Å². The molecule has 0 aliphatic rings. The summed E-state index contributed by atoms with van der Waals surface area (Å²) in [6, 6.07) is 5.95. The van der Waals surface area contributed by atoms with E-state index in [9.17, 15) is 4.79 Å². The predicted octanol–water partition coefficient (Wildman–Crippen LogP) is 5.48. The molecule has 3 rings (SSSR count). The number of unbranched alkanes of at least 4 members (excludes halogenated alkanes) is 2. The number of carbonyl (C=O) groups excluding carboxylic acids is 1. The lowest BCUT2D eigenvalue weighted by Gasteiger charge is -2.07. The Morgan fingerprint density at radius 1 is 1.14 bits per heavy atom. The standard InChI is InChI=1S/C23H30N4OS/c1-6-7-8-9-21-17(4)26-27(18(21)5)23-25-20(14-29-23)13-22(28)24-19-11-10-15(2)16(3)12-19/h10-12,14H,6-9,13H2,1-5H3,(H,24,28). The van der Waals surface area contributed by atoms with E-state index in [0.29, 0.717) is 0 Å². The van der Waals surface area contributed by atoms with E-state index in [2.05, 4.69) is 38.0 Å². The van der Waals surface area contributed by atoms with Crippen LogP contribution in [-0.2, 0) is 17.6 Å². The van der Waals surface area contributed by atoms with Crippen LogP contribution in [-0.4, -0.2) is 20.7 Å². The highest BCUT2D eigenvalue weighted by molar-refractivity contribution is 7.12. The maximum absolute atomic E-state index is 12.4. The molecule has 0 aliphatic carbocycles. The molecule has 0 aliphatic heterocycles. The average molecular weight is 411 g/mol. The van der Waals surface area contributed by atoms with Gasteiger partial charge in [-0.2, -0.15) is 5.10 Å². The van der Waals surface area contributed by atoms with Crippen molar-refractivity contribution in [1.82, 2.24) is 14.8 Å². The van der Waals surface area contributed by atoms with Gasteiger partial charge in [0.15, 0.2) is 0 Å². The zero-order valence-corrected chi connectivity index (χ0v) is 18.8. The van der Waals surface area contributed by atoms with Crippen LogP contribution in [0.4, 0.5) is 5.69 Å². The van der Waals surface area contributed by atoms with Gasteiger partial charge in [0.05, 0.1) is 17.8 Å². The fourth-order valence-electron chi connectivity index (χ4n) is 3.44. The lowest BCUT2D eigenvalue weighted by molar-refractivity contribution is -0.115. The number of anilines is 1. The Kier molecular flexibility index (Phi) is 6.85. The molecule has 1 N–H and O–H groups in total. The number of rotatable bonds is 8. The Bertz CT molecular complexity index is 1000. The Morgan fingerprint density at radius 3 is 2.66 bits per heavy atom. The summed E-state index contributed by atoms with van der Waals surface area (Å²) in [4.78, 5) is 17.1. The summed E-state index contributed by atoms with van der Waals surface area (Å²) in [5.41, 5.74) is 7.52. The molecule has 154 valence electrons. The molecular formula is C23H30N4OS. The number of nitrogens with one attached hydrogen (secondary N) is 1. The van der Waals surface area contributed by atoms with Crippen molar-refractivity contribution in [3.05, 3.63) is 57.4 Å². The second-order valence-electron chi connectivity index (χ2n) is 7.66. The minimum Gasteiger partial charge on any atom is -0.326 e. The largest absolute Gasteiger partial charge is 0.326 e. The molecule has 1 aromatic carbocycles. The van der Waals surface area contributed by atoms with Crippen molar-refractivity contribution < 1.29 is 4.79 Å². The zero-order valence-electron chi connectivity index (χ0n) is 18.0. The Labute approximate surface area is 177 Å². The van der Waals surface area contributed by atoms with Crippen molar-refractivity contribution in [3.8, 4) is 5.13 Å². The van der Waals surface area contributed by atoms with Gasteiger partial charge in [-0.25, -0.2) is 9.67 Å². The quantitative estimate of drug-likeness (QED) is 0.501. The molecule has 0 unspecified atom stereocenters. The van der Waals surface area contributed by atoms with Gasteiger partial charge < -0.3 is 5.32 Å². The van der Waals surface area contributed by atoms with Gasteiger partial charge in [-0.3, -0.25) is 4.79 Å². The van der Waals surface area contributed by atoms with Crippen LogP contribution in [0.25, 0.3) is 5.13 Å². The summed E-state index contributed by atoms with van der Waals surface area (Å²) in [6.07, 6.45) is 4.95. The van der Waals surface area contributed by atoms with Gasteiger partial charge in [-0.05, 0) is 69.4 Å². The number of aryl methyl sites for hydroxylation is 3. The van der Waals surface area contributed by atoms with Gasteiger partial charge in [0, 0.05) is 16.8 Å². The van der Waals surface area contributed by atoms with Gasteiger partial charge in [0.1, 0.15) is 0 Å². The fraction of sp³-hybridized carbons (Fsp3) is 0.435. The number of amides is 1. The minimum atomic E-state index is -0.0567. The Hall–Kier alpha value is -2.47. The van der Waals surface area contributed by atoms with Crippen molar-refractivity contribution in [2.45, 2.75) is 66.7 Å². The highest BCUT2D eigenvalue weighted by Crippen LogP contribution is 2.23. The monoisotopic (exact) mass is 410 g/mol. The molecule has 1 amide bonds. The van der Waals surface area contributed by atoms with Crippen molar-refractivity contribution in [1.29, 1.82) is 0 Å². The third-order valence-electron chi connectivity index (χ3n) is 5.32. The van der Waals surface area contributed by atoms with Gasteiger partial charge in [0.25, 0.3) is 0 Å². The molecular weight excluding hydrogens is 380 g/mol. The lowest BCUT2D eigenvalue weighted by atomic mass is 10.1. The fourth-order valence-corrected chi connectivity index (χ4v) is 4.26. The van der Waals surface area contributed by atoms with Crippen molar-refractivity contribution in [2.24, 2.45) is 0 Å². The van der Waals surface area contributed by atoms with E-state index in [1.54, 1.807) is 0 Å². The summed E-state index contributed by atoms with van der Waals surface area (Å²) >= 11 is 1.53. The second kappa shape index (κ2) is 9.35. The van der Waals surface area contributed by atoms with Gasteiger partial charge >= 0.3 is 0 Å². The van der Waals surface area contributed by atoms with E-state index >= 15 is 0 Å². The molecule has 3 aromatic rings. The topological polar surface area (TPSA) is 59.8 Å². The molecule has 0 atom stereocenters. The molecule has 0 spiro atoms. The van der Waals surface area contributed by atoms with Gasteiger partial charge in [0.2, 0.25) is 11.0 Å². The third kappa shape index (κ3) is 5.12. The summed E-state index contributed by atoms with van der Waals surface area (Å²) in [5.74, 6) is -0.0567. The Morgan fingerprint density at radius 2 is 1.93 bits per heavy atom. The molecule has 5 nitrogen and oxygen atoms in total. The molecule has 29 heavy (non-hydrogen) atoms. The summed E-state index contributed by atoms with van der Waals surface area (Å²) in [6.45, 7) is 10.5. The predicted molar refractivity (Wildman–Crippen MR) is 120 cm³/mol. The highest BCUT2D eigenvalue weighted by Gasteiger charge is 2.16. The first kappa shape index (κ1) is 21.2. The maximum atomic E-state index is 12.4. The van der Waals surface area contributed by atoms with Gasteiger partial charge in [-0.1, -0.05) is 25.8 Å². The van der Waals surface area contributed by atoms with Crippen LogP contribution < -0.4 is 5.32 Å². The molecule has 2 aromatic heterocycles. The van der Waals surface area contributed by atoms with Crippen molar-refractivity contribution in [2.75, 3.05) is 5.32 Å². The van der Waals surface area contributed by atoms with Crippen LogP contribution in [0, 0.1) is 27.7 Å². The van der Waals surface area contributed by atoms with Crippen molar-refractivity contribution in [3.63, 3.8) is 0 Å². The summed E-state index contributed by atoms with van der Waals surface area (Å²) in [7, 11) is 0. The van der Waals surface area contributed by atoms with Crippen LogP contribution in [0.3, 0.4) is 0 Å². The first-order chi connectivity index (χ1) is 13.9. The van der Waals surface area contributed by atoms with Crippen LogP contribution >= 0.6 is 11.3 Å². The number of aromatic nitrogens is 3. The smallest absolute Gasteiger partial charge is 0.230 e. The molecule has 0 radical (unpaired) electrons. The van der Waals surface area contributed by atoms with Crippen LogP contribution in [0.2, 0.25) is 0 Å². The number of hydrogen-bond acceptors (Lipinski definition) is 4. The minimum absolute atomic E-state index is 0.0567. The number of thiazole rings is 1. The third-order valence-corrected chi connectivity index (χ3v) is 6.19. The second-order valence-corrected chi connectivity index (χ2v) is 8.50. The number of nitrogens with zero attached hydrogens (tertiary/aromatic N) is 3. The van der Waals surface area contributed by atoms with E-state index in [-0.39, 0.29) is 12.3 Å². The molecule has 0 saturated heterocycles. The van der Waals surface area contributed by atoms with Gasteiger partial charge in [-0.15, -0.1) is 11.3 Å². The van der Waals surface area contributed by atoms with Crippen molar-refractivity contribution >= 4 is 22.9 Å². The van der Waals surface area contributed by atoms with E-state index < -0.39 is 0 Å². The average Bonchev–Trinajstić information content (AvgIpc) is 3.24. The first-order valence-electron chi connectivity index (χ1n) is 10.3. The van der Waals surface area contributed by atoms with E-state index in [1.807, 2.05) is 35.2 Å². The zero-order chi connectivity index (χ0) is 21.0. The molecule has 0 fully saturated rings. The summed E-state index contributed by atoms with van der Waals surface area (Å²) in [5, 5.41) is 10.4. The first-order valence-corrected chi connectivity index (χ1v) is 11.1. The van der Waals surface area contributed by atoms with Crippen LogP contribution in [0.5, 0.6) is 0 Å². The van der Waals surface area contributed by atoms with Crippen LogP contribution in [0.15, 0.2) is 23.6 Å². The van der Waals surface area contributed by atoms with E-state index in [1.165, 1.54) is 41.7 Å². The summed E-state index contributed by atoms with van der Waals surface area (Å²) < 4.78 is 1.92. The number of hydrogen-bond donors (Lipinski definition) is 1. The lowest BCUT2D eigenvalue weighted by Crippen LogP contribution is -2.15. The highest BCUT2D eigenvalue weighted by atomic mass is 32.1.